The first kappa shape index (κ1) is 14.5. The van der Waals surface area contributed by atoms with Crippen LogP contribution in [0.5, 0.6) is 11.6 Å². The molecule has 1 aromatic heterocycles. The summed E-state index contributed by atoms with van der Waals surface area (Å²) in [7, 11) is 0. The van der Waals surface area contributed by atoms with Crippen molar-refractivity contribution in [3.8, 4) is 11.6 Å². The number of ether oxygens (including phenoxy) is 1. The van der Waals surface area contributed by atoms with Gasteiger partial charge in [0.05, 0.1) is 18.1 Å². The fourth-order valence-corrected chi connectivity index (χ4v) is 1.75. The van der Waals surface area contributed by atoms with Crippen molar-refractivity contribution in [2.75, 3.05) is 0 Å². The van der Waals surface area contributed by atoms with Crippen molar-refractivity contribution < 1.29 is 4.74 Å². The number of rotatable bonds is 6. The fourth-order valence-electron chi connectivity index (χ4n) is 1.75. The topological polar surface area (TPSA) is 47.0 Å². The van der Waals surface area contributed by atoms with Gasteiger partial charge in [0, 0.05) is 12.6 Å². The maximum absolute atomic E-state index is 5.71. The number of hydrogen-bond donors (Lipinski definition) is 1. The first-order valence-electron chi connectivity index (χ1n) is 6.98. The molecule has 1 N–H and O–H groups in total. The Morgan fingerprint density at radius 1 is 1.20 bits per heavy atom. The third kappa shape index (κ3) is 4.31. The van der Waals surface area contributed by atoms with Crippen molar-refractivity contribution in [1.29, 1.82) is 0 Å². The molecule has 0 fully saturated rings. The van der Waals surface area contributed by atoms with E-state index in [1.54, 1.807) is 12.4 Å². The van der Waals surface area contributed by atoms with Gasteiger partial charge in [-0.15, -0.1) is 0 Å². The molecule has 0 saturated heterocycles. The van der Waals surface area contributed by atoms with Crippen LogP contribution in [0.4, 0.5) is 0 Å². The molecule has 0 bridgehead atoms. The summed E-state index contributed by atoms with van der Waals surface area (Å²) in [6.45, 7) is 7.04. The van der Waals surface area contributed by atoms with Crippen LogP contribution in [0.1, 0.15) is 32.0 Å². The highest BCUT2D eigenvalue weighted by Crippen LogP contribution is 2.19. The van der Waals surface area contributed by atoms with Gasteiger partial charge in [0.25, 0.3) is 0 Å². The molecule has 4 nitrogen and oxygen atoms in total. The number of nitrogens with one attached hydrogen (secondary N) is 1. The minimum atomic E-state index is 0.435. The molecular weight excluding hydrogens is 250 g/mol. The Labute approximate surface area is 120 Å². The van der Waals surface area contributed by atoms with E-state index in [0.29, 0.717) is 11.9 Å². The van der Waals surface area contributed by atoms with E-state index in [-0.39, 0.29) is 0 Å². The van der Waals surface area contributed by atoms with Crippen LogP contribution in [0.25, 0.3) is 0 Å². The fraction of sp³-hybridized carbons (Fsp3) is 0.375. The zero-order chi connectivity index (χ0) is 14.4. The average molecular weight is 271 g/mol. The Kier molecular flexibility index (Phi) is 5.07. The van der Waals surface area contributed by atoms with E-state index in [1.807, 2.05) is 18.2 Å². The molecule has 4 heteroatoms. The second-order valence-electron chi connectivity index (χ2n) is 4.98. The third-order valence-corrected chi connectivity index (χ3v) is 2.90. The lowest BCUT2D eigenvalue weighted by molar-refractivity contribution is 0.457. The zero-order valence-corrected chi connectivity index (χ0v) is 12.3. The van der Waals surface area contributed by atoms with E-state index < -0.39 is 0 Å². The molecule has 1 heterocycles. The molecule has 0 saturated carbocycles. The molecule has 0 unspecified atom stereocenters. The van der Waals surface area contributed by atoms with E-state index in [0.717, 1.165) is 24.4 Å². The third-order valence-electron chi connectivity index (χ3n) is 2.90. The lowest BCUT2D eigenvalue weighted by atomic mass is 10.2. The van der Waals surface area contributed by atoms with Crippen molar-refractivity contribution in [2.24, 2.45) is 0 Å². The number of nitrogens with zero attached hydrogens (tertiary/aromatic N) is 2. The highest BCUT2D eigenvalue weighted by Gasteiger charge is 2.02. The van der Waals surface area contributed by atoms with Crippen LogP contribution in [-0.2, 0) is 13.0 Å². The van der Waals surface area contributed by atoms with Gasteiger partial charge in [-0.2, -0.15) is 0 Å². The van der Waals surface area contributed by atoms with Crippen LogP contribution in [0.15, 0.2) is 36.7 Å². The number of hydrogen-bond acceptors (Lipinski definition) is 4. The Bertz CT molecular complexity index is 538. The number of benzene rings is 1. The molecular formula is C16H21N3O. The van der Waals surface area contributed by atoms with Gasteiger partial charge >= 0.3 is 0 Å². The molecule has 106 valence electrons. The predicted octanol–water partition coefficient (Wildman–Crippen LogP) is 3.33. The van der Waals surface area contributed by atoms with Gasteiger partial charge in [-0.3, -0.25) is 4.98 Å². The van der Waals surface area contributed by atoms with Crippen LogP contribution in [0.2, 0.25) is 0 Å². The van der Waals surface area contributed by atoms with E-state index in [1.165, 1.54) is 5.56 Å². The van der Waals surface area contributed by atoms with Crippen LogP contribution in [-0.4, -0.2) is 16.0 Å². The standard InChI is InChI=1S/C16H21N3O/c1-4-13-6-5-7-15(8-13)20-16-11-18-14(10-19-16)9-17-12(2)3/h5-8,10-12,17H,4,9H2,1-3H3. The van der Waals surface area contributed by atoms with Gasteiger partial charge in [0.2, 0.25) is 5.88 Å². The smallest absolute Gasteiger partial charge is 0.237 e. The van der Waals surface area contributed by atoms with Gasteiger partial charge in [0.15, 0.2) is 0 Å². The quantitative estimate of drug-likeness (QED) is 0.875. The predicted molar refractivity (Wildman–Crippen MR) is 79.9 cm³/mol. The second kappa shape index (κ2) is 7.01. The summed E-state index contributed by atoms with van der Waals surface area (Å²) in [5.74, 6) is 1.32. The average Bonchev–Trinajstić information content (AvgIpc) is 2.47. The summed E-state index contributed by atoms with van der Waals surface area (Å²) in [5, 5.41) is 3.30. The van der Waals surface area contributed by atoms with Crippen LogP contribution in [0, 0.1) is 0 Å². The Morgan fingerprint density at radius 2 is 2.05 bits per heavy atom. The van der Waals surface area contributed by atoms with Gasteiger partial charge < -0.3 is 10.1 Å². The highest BCUT2D eigenvalue weighted by molar-refractivity contribution is 5.31. The second-order valence-corrected chi connectivity index (χ2v) is 4.98. The van der Waals surface area contributed by atoms with Gasteiger partial charge in [0.1, 0.15) is 5.75 Å². The summed E-state index contributed by atoms with van der Waals surface area (Å²) in [4.78, 5) is 8.62. The summed E-state index contributed by atoms with van der Waals surface area (Å²) < 4.78 is 5.71. The van der Waals surface area contributed by atoms with Crippen molar-refractivity contribution in [2.45, 2.75) is 39.8 Å². The maximum Gasteiger partial charge on any atom is 0.237 e. The minimum Gasteiger partial charge on any atom is -0.437 e. The largest absolute Gasteiger partial charge is 0.437 e. The van der Waals surface area contributed by atoms with E-state index >= 15 is 0 Å². The van der Waals surface area contributed by atoms with Gasteiger partial charge in [-0.05, 0) is 24.1 Å². The van der Waals surface area contributed by atoms with Crippen molar-refractivity contribution in [3.05, 3.63) is 47.9 Å². The van der Waals surface area contributed by atoms with Crippen molar-refractivity contribution >= 4 is 0 Å². The van der Waals surface area contributed by atoms with Crippen LogP contribution >= 0.6 is 0 Å². The van der Waals surface area contributed by atoms with Crippen molar-refractivity contribution in [3.63, 3.8) is 0 Å². The van der Waals surface area contributed by atoms with Crippen molar-refractivity contribution in [1.82, 2.24) is 15.3 Å². The van der Waals surface area contributed by atoms with Gasteiger partial charge in [-0.25, -0.2) is 4.98 Å². The zero-order valence-electron chi connectivity index (χ0n) is 12.3. The molecule has 0 aliphatic rings. The normalized spacial score (nSPS) is 10.8. The molecule has 0 radical (unpaired) electrons. The molecule has 1 aromatic carbocycles. The molecule has 2 aromatic rings. The number of aryl methyl sites for hydroxylation is 1. The van der Waals surface area contributed by atoms with E-state index in [9.17, 15) is 0 Å². The Hall–Kier alpha value is -1.94. The SMILES string of the molecule is CCc1cccc(Oc2cnc(CNC(C)C)cn2)c1. The van der Waals surface area contributed by atoms with Crippen LogP contribution in [0.3, 0.4) is 0 Å². The summed E-state index contributed by atoms with van der Waals surface area (Å²) in [5.41, 5.74) is 2.15. The summed E-state index contributed by atoms with van der Waals surface area (Å²) in [6.07, 6.45) is 4.40. The van der Waals surface area contributed by atoms with Gasteiger partial charge in [-0.1, -0.05) is 32.9 Å². The molecule has 0 aliphatic carbocycles. The summed E-state index contributed by atoms with van der Waals surface area (Å²) >= 11 is 0. The first-order valence-corrected chi connectivity index (χ1v) is 6.98. The monoisotopic (exact) mass is 271 g/mol. The summed E-state index contributed by atoms with van der Waals surface area (Å²) in [6, 6.07) is 8.46. The van der Waals surface area contributed by atoms with E-state index in [4.69, 9.17) is 4.74 Å². The molecule has 0 atom stereocenters. The molecule has 0 amide bonds. The van der Waals surface area contributed by atoms with E-state index in [2.05, 4.69) is 42.1 Å². The minimum absolute atomic E-state index is 0.435. The molecule has 20 heavy (non-hydrogen) atoms. The Balaban J connectivity index is 1.99. The molecule has 0 spiro atoms. The number of aromatic nitrogens is 2. The highest BCUT2D eigenvalue weighted by atomic mass is 16.5. The molecule has 2 rings (SSSR count). The Morgan fingerprint density at radius 3 is 2.70 bits per heavy atom. The first-order chi connectivity index (χ1) is 9.67. The lowest BCUT2D eigenvalue weighted by Gasteiger charge is -2.08. The molecule has 0 aliphatic heterocycles. The van der Waals surface area contributed by atoms with Crippen LogP contribution < -0.4 is 10.1 Å². The lowest BCUT2D eigenvalue weighted by Crippen LogP contribution is -2.22. The maximum atomic E-state index is 5.71.